The molecule has 4 aromatic rings. The van der Waals surface area contributed by atoms with Crippen molar-refractivity contribution in [3.05, 3.63) is 81.4 Å². The first-order chi connectivity index (χ1) is 26.6. The zero-order valence-corrected chi connectivity index (χ0v) is 33.1. The summed E-state index contributed by atoms with van der Waals surface area (Å²) in [6.45, 7) is 3.58. The van der Waals surface area contributed by atoms with E-state index in [4.69, 9.17) is 10.2 Å². The Morgan fingerprint density at radius 2 is 1.20 bits per heavy atom. The number of hydrogen-bond donors (Lipinski definition) is 5. The number of primary sulfonamides is 1. The van der Waals surface area contributed by atoms with Gasteiger partial charge in [0.15, 0.2) is 0 Å². The molecule has 8 rings (SSSR count). The summed E-state index contributed by atoms with van der Waals surface area (Å²) >= 11 is 0. The van der Waals surface area contributed by atoms with E-state index in [1.165, 1.54) is 68.0 Å². The fraction of sp³-hybridized carbons (Fsp3) is 0.474. The van der Waals surface area contributed by atoms with Crippen molar-refractivity contribution in [2.45, 2.75) is 126 Å². The van der Waals surface area contributed by atoms with Gasteiger partial charge in [0.25, 0.3) is 10.0 Å². The average molecular weight is 809 g/mol. The summed E-state index contributed by atoms with van der Waals surface area (Å²) in [5.41, 5.74) is 12.0. The Morgan fingerprint density at radius 3 is 1.62 bits per heavy atom. The lowest BCUT2D eigenvalue weighted by atomic mass is 9.99. The van der Waals surface area contributed by atoms with Gasteiger partial charge in [0.2, 0.25) is 16.1 Å². The minimum absolute atomic E-state index is 0.0480. The standard InChI is InChI=1S/C19H24N4O4S.C13H13NO.C6H11N3O3S/c1-12(24)10-23-11-15(9-20-23)28(26,27)22-19(25)21-18-16-6-2-4-13(16)8-14-5-3-7-17(14)18;15-8-14-13-11-5-1-3-9(11)7-10-4-2-6-12(10)13;1-5(10)3-9-4-6(2-8-9)13(7,11)12/h8-9,11-12,24H,2-7,10H2,1H3,(H2,21,22,25);7H,1-6H2;2,4-5,10H,3H2,1H3,(H2,7,11,12)/t12-;;5-/m1.1/s1. The second-order valence-electron chi connectivity index (χ2n) is 14.7. The summed E-state index contributed by atoms with van der Waals surface area (Å²) in [5, 5.41) is 33.7. The second kappa shape index (κ2) is 17.2. The molecule has 0 spiro atoms. The number of benzene rings is 2. The molecular weight excluding hydrogens is 761 g/mol. The molecule has 4 aliphatic rings. The SMILES string of the molecule is C[C@@H](O)Cn1cc(S(=O)(=O)NC(=O)Nc2c3c(cc4c2CCC4)CCC3)cn1.C[C@@H](O)Cn1cc(S(N)(=O)=O)cn1.O=C=Nc1c2c(cc3c1CCC3)CCC2. The number of aliphatic hydroxyl groups excluding tert-OH is 2. The van der Waals surface area contributed by atoms with Gasteiger partial charge >= 0.3 is 6.03 Å². The highest BCUT2D eigenvalue weighted by Gasteiger charge is 2.27. The maximum atomic E-state index is 12.5. The molecule has 2 aromatic carbocycles. The van der Waals surface area contributed by atoms with Gasteiger partial charge in [0.1, 0.15) is 9.79 Å². The molecule has 0 aliphatic heterocycles. The van der Waals surface area contributed by atoms with Gasteiger partial charge in [-0.3, -0.25) is 9.36 Å². The Morgan fingerprint density at radius 1 is 0.768 bits per heavy atom. The first-order valence-electron chi connectivity index (χ1n) is 18.8. The minimum atomic E-state index is -4.05. The first-order valence-corrected chi connectivity index (χ1v) is 21.8. The van der Waals surface area contributed by atoms with E-state index in [-0.39, 0.29) is 22.9 Å². The van der Waals surface area contributed by atoms with Gasteiger partial charge in [-0.1, -0.05) is 12.1 Å². The van der Waals surface area contributed by atoms with Gasteiger partial charge in [-0.25, -0.2) is 36.3 Å². The van der Waals surface area contributed by atoms with Crippen molar-refractivity contribution >= 4 is 43.5 Å². The highest BCUT2D eigenvalue weighted by Crippen LogP contribution is 2.40. The van der Waals surface area contributed by atoms with Crippen molar-refractivity contribution in [2.75, 3.05) is 5.32 Å². The van der Waals surface area contributed by atoms with Crippen LogP contribution in [0, 0.1) is 0 Å². The van der Waals surface area contributed by atoms with Crippen LogP contribution >= 0.6 is 0 Å². The maximum Gasteiger partial charge on any atom is 0.333 e. The number of aromatic nitrogens is 4. The Kier molecular flexibility index (Phi) is 12.6. The number of aryl methyl sites for hydroxylation is 4. The zero-order chi connectivity index (χ0) is 40.2. The van der Waals surface area contributed by atoms with Crippen molar-refractivity contribution in [2.24, 2.45) is 10.1 Å². The normalized spacial score (nSPS) is 16.2. The van der Waals surface area contributed by atoms with Crippen molar-refractivity contribution in [1.29, 1.82) is 0 Å². The quantitative estimate of drug-likeness (QED) is 0.122. The summed E-state index contributed by atoms with van der Waals surface area (Å²) in [4.78, 5) is 26.8. The Balaban J connectivity index is 0.000000159. The first kappa shape index (κ1) is 40.9. The number of carbonyl (C=O) groups excluding carboxylic acids is 2. The van der Waals surface area contributed by atoms with Crippen molar-refractivity contribution in [3.8, 4) is 0 Å². The van der Waals surface area contributed by atoms with Crippen LogP contribution in [0.5, 0.6) is 0 Å². The topological polar surface area (TPSA) is 241 Å². The number of carbonyl (C=O) groups is 1. The fourth-order valence-corrected chi connectivity index (χ4v) is 9.29. The number of hydrogen-bond acceptors (Lipinski definition) is 11. The van der Waals surface area contributed by atoms with Crippen LogP contribution < -0.4 is 15.2 Å². The number of sulfonamides is 2. The number of aliphatic hydroxyl groups is 2. The minimum Gasteiger partial charge on any atom is -0.391 e. The van der Waals surface area contributed by atoms with Crippen LogP contribution in [0.4, 0.5) is 16.2 Å². The maximum absolute atomic E-state index is 12.5. The molecule has 0 unspecified atom stereocenters. The van der Waals surface area contributed by atoms with Crippen molar-refractivity contribution in [1.82, 2.24) is 24.3 Å². The van der Waals surface area contributed by atoms with Gasteiger partial charge in [-0.2, -0.15) is 15.2 Å². The number of anilines is 1. The van der Waals surface area contributed by atoms with Gasteiger partial charge in [-0.05, 0) is 135 Å². The molecule has 2 atom stereocenters. The van der Waals surface area contributed by atoms with Crippen LogP contribution in [0.25, 0.3) is 0 Å². The number of urea groups is 1. The summed E-state index contributed by atoms with van der Waals surface area (Å²) in [6, 6.07) is 3.83. The number of nitrogens with two attached hydrogens (primary N) is 1. The van der Waals surface area contributed by atoms with Gasteiger partial charge < -0.3 is 15.5 Å². The second-order valence-corrected chi connectivity index (χ2v) is 18.0. The van der Waals surface area contributed by atoms with E-state index < -0.39 is 38.3 Å². The molecule has 56 heavy (non-hydrogen) atoms. The van der Waals surface area contributed by atoms with E-state index >= 15 is 0 Å². The van der Waals surface area contributed by atoms with Crippen LogP contribution in [-0.2, 0) is 89.3 Å². The molecule has 4 aliphatic carbocycles. The van der Waals surface area contributed by atoms with Gasteiger partial charge in [-0.15, -0.1) is 0 Å². The van der Waals surface area contributed by atoms with E-state index in [0.717, 1.165) is 99.1 Å². The lowest BCUT2D eigenvalue weighted by molar-refractivity contribution is 0.168. The Labute approximate surface area is 326 Å². The summed E-state index contributed by atoms with van der Waals surface area (Å²) < 4.78 is 51.3. The van der Waals surface area contributed by atoms with Gasteiger partial charge in [0.05, 0.1) is 43.4 Å². The molecule has 0 fully saturated rings. The number of isocyanates is 1. The summed E-state index contributed by atoms with van der Waals surface area (Å²) in [7, 11) is -7.73. The monoisotopic (exact) mass is 808 g/mol. The lowest BCUT2D eigenvalue weighted by Gasteiger charge is -2.16. The highest BCUT2D eigenvalue weighted by atomic mass is 32.2. The molecule has 0 saturated heterocycles. The average Bonchev–Trinajstić information content (AvgIpc) is 3.96. The third-order valence-corrected chi connectivity index (χ3v) is 12.5. The molecule has 18 heteroatoms. The third kappa shape index (κ3) is 9.62. The molecule has 6 N–H and O–H groups in total. The molecule has 2 heterocycles. The molecule has 16 nitrogen and oxygen atoms in total. The van der Waals surface area contributed by atoms with Crippen LogP contribution in [-0.4, -0.2) is 70.9 Å². The molecule has 0 bridgehead atoms. The fourth-order valence-electron chi connectivity index (χ4n) is 7.97. The molecule has 2 aromatic heterocycles. The molecule has 0 radical (unpaired) electrons. The number of amides is 2. The van der Waals surface area contributed by atoms with E-state index in [2.05, 4.69) is 37.4 Å². The largest absolute Gasteiger partial charge is 0.391 e. The predicted molar refractivity (Wildman–Crippen MR) is 207 cm³/mol. The van der Waals surface area contributed by atoms with E-state index in [1.54, 1.807) is 19.9 Å². The summed E-state index contributed by atoms with van der Waals surface area (Å²) in [5.74, 6) is 0. The van der Waals surface area contributed by atoms with Crippen LogP contribution in [0.15, 0.2) is 51.7 Å². The third-order valence-electron chi connectivity index (χ3n) is 10.3. The van der Waals surface area contributed by atoms with Crippen LogP contribution in [0.1, 0.15) is 84.0 Å². The number of fused-ring (bicyclic) bond motifs is 4. The smallest absolute Gasteiger partial charge is 0.333 e. The lowest BCUT2D eigenvalue weighted by Crippen LogP contribution is -2.34. The van der Waals surface area contributed by atoms with E-state index in [1.807, 2.05) is 0 Å². The number of nitrogens with zero attached hydrogens (tertiary/aromatic N) is 5. The number of rotatable bonds is 9. The van der Waals surface area contributed by atoms with Crippen molar-refractivity contribution in [3.63, 3.8) is 0 Å². The summed E-state index contributed by atoms with van der Waals surface area (Å²) in [6.07, 6.45) is 18.2. The number of aliphatic imine (C=N–C) groups is 1. The molecular formula is C38H48N8O8S2. The highest BCUT2D eigenvalue weighted by molar-refractivity contribution is 7.90. The molecule has 2 amide bonds. The van der Waals surface area contributed by atoms with Crippen molar-refractivity contribution < 1.29 is 36.6 Å². The molecule has 0 saturated carbocycles. The Hall–Kier alpha value is -4.71. The number of nitrogens with one attached hydrogen (secondary N) is 2. The van der Waals surface area contributed by atoms with Crippen LogP contribution in [0.3, 0.4) is 0 Å². The zero-order valence-electron chi connectivity index (χ0n) is 31.5. The Bertz CT molecular complexity index is 2310. The van der Waals surface area contributed by atoms with Crippen LogP contribution in [0.2, 0.25) is 0 Å². The van der Waals surface area contributed by atoms with E-state index in [0.29, 0.717) is 0 Å². The van der Waals surface area contributed by atoms with Gasteiger partial charge in [0, 0.05) is 18.1 Å². The predicted octanol–water partition coefficient (Wildman–Crippen LogP) is 3.29. The molecule has 300 valence electrons. The van der Waals surface area contributed by atoms with E-state index in [9.17, 15) is 31.5 Å².